The van der Waals surface area contributed by atoms with Crippen molar-refractivity contribution in [1.29, 1.82) is 0 Å². The number of para-hydroxylation sites is 1. The van der Waals surface area contributed by atoms with Gasteiger partial charge in [-0.3, -0.25) is 9.59 Å². The van der Waals surface area contributed by atoms with Gasteiger partial charge in [0.1, 0.15) is 12.4 Å². The third-order valence-electron chi connectivity index (χ3n) is 4.91. The van der Waals surface area contributed by atoms with Crippen molar-refractivity contribution in [2.45, 2.75) is 17.9 Å². The zero-order valence-electron chi connectivity index (χ0n) is 17.4. The topological polar surface area (TPSA) is 43.4 Å². The van der Waals surface area contributed by atoms with E-state index in [1.54, 1.807) is 6.07 Å². The van der Waals surface area contributed by atoms with Crippen molar-refractivity contribution in [3.63, 3.8) is 0 Å². The van der Waals surface area contributed by atoms with Gasteiger partial charge in [-0.15, -0.1) is 0 Å². The van der Waals surface area contributed by atoms with Crippen LogP contribution in [0, 0.1) is 0 Å². The first kappa shape index (κ1) is 21.6. The summed E-state index contributed by atoms with van der Waals surface area (Å²) in [5, 5.41) is -0.194. The molecule has 0 fully saturated rings. The maximum absolute atomic E-state index is 13.1. The smallest absolute Gasteiger partial charge is 0.201 e. The second-order valence-corrected chi connectivity index (χ2v) is 8.34. The summed E-state index contributed by atoms with van der Waals surface area (Å²) in [7, 11) is 0. The van der Waals surface area contributed by atoms with Crippen LogP contribution in [0.4, 0.5) is 0 Å². The molecule has 32 heavy (non-hydrogen) atoms. The number of hydrogen-bond donors (Lipinski definition) is 0. The molecule has 4 aromatic carbocycles. The van der Waals surface area contributed by atoms with Crippen LogP contribution >= 0.6 is 11.8 Å². The Labute approximate surface area is 192 Å². The number of hydrogen-bond acceptors (Lipinski definition) is 4. The van der Waals surface area contributed by atoms with E-state index in [0.717, 1.165) is 33.3 Å². The van der Waals surface area contributed by atoms with Gasteiger partial charge in [0.05, 0.1) is 12.0 Å². The molecule has 0 saturated carbocycles. The van der Waals surface area contributed by atoms with Crippen molar-refractivity contribution in [1.82, 2.24) is 0 Å². The molecule has 4 aromatic rings. The number of ether oxygens (including phenoxy) is 1. The SMILES string of the molecule is O=C(CC(=O)c1cccc(-c2ccccc2)c1OCc1ccccc1)Sc1ccccc1. The highest BCUT2D eigenvalue weighted by atomic mass is 32.2. The van der Waals surface area contributed by atoms with Crippen LogP contribution in [-0.2, 0) is 11.4 Å². The van der Waals surface area contributed by atoms with E-state index in [-0.39, 0.29) is 17.3 Å². The molecule has 0 saturated heterocycles. The largest absolute Gasteiger partial charge is 0.487 e. The van der Waals surface area contributed by atoms with Crippen molar-refractivity contribution in [2.75, 3.05) is 0 Å². The second-order valence-electron chi connectivity index (χ2n) is 7.21. The van der Waals surface area contributed by atoms with E-state index in [0.29, 0.717) is 17.9 Å². The van der Waals surface area contributed by atoms with Gasteiger partial charge >= 0.3 is 0 Å². The lowest BCUT2D eigenvalue weighted by molar-refractivity contribution is -0.110. The molecule has 0 aliphatic rings. The van der Waals surface area contributed by atoms with Gasteiger partial charge in [0.15, 0.2) is 5.78 Å². The van der Waals surface area contributed by atoms with Crippen LogP contribution in [0.1, 0.15) is 22.3 Å². The highest BCUT2D eigenvalue weighted by Gasteiger charge is 2.20. The summed E-state index contributed by atoms with van der Waals surface area (Å²) in [6.45, 7) is 0.331. The van der Waals surface area contributed by atoms with Gasteiger partial charge in [0.2, 0.25) is 5.12 Å². The third kappa shape index (κ3) is 5.54. The number of Topliss-reactive ketones (excluding diaryl/α,β-unsaturated/α-hetero) is 1. The van der Waals surface area contributed by atoms with Crippen LogP contribution < -0.4 is 4.74 Å². The highest BCUT2D eigenvalue weighted by Crippen LogP contribution is 2.35. The molecule has 158 valence electrons. The van der Waals surface area contributed by atoms with E-state index >= 15 is 0 Å². The Morgan fingerprint density at radius 3 is 2.00 bits per heavy atom. The first-order valence-electron chi connectivity index (χ1n) is 10.3. The van der Waals surface area contributed by atoms with E-state index in [1.165, 1.54) is 0 Å². The zero-order valence-corrected chi connectivity index (χ0v) is 18.3. The molecule has 4 heteroatoms. The fourth-order valence-corrected chi connectivity index (χ4v) is 4.13. The number of benzene rings is 4. The number of rotatable bonds is 8. The van der Waals surface area contributed by atoms with E-state index in [2.05, 4.69) is 0 Å². The molecular weight excluding hydrogens is 416 g/mol. The fraction of sp³-hybridized carbons (Fsp3) is 0.0714. The maximum Gasteiger partial charge on any atom is 0.201 e. The van der Waals surface area contributed by atoms with Gasteiger partial charge in [-0.25, -0.2) is 0 Å². The van der Waals surface area contributed by atoms with E-state index < -0.39 is 0 Å². The molecule has 0 bridgehead atoms. The van der Waals surface area contributed by atoms with Crippen LogP contribution in [0.3, 0.4) is 0 Å². The predicted octanol–water partition coefficient (Wildman–Crippen LogP) is 6.82. The first-order valence-corrected chi connectivity index (χ1v) is 11.2. The van der Waals surface area contributed by atoms with Gasteiger partial charge in [-0.1, -0.05) is 103 Å². The molecule has 0 aliphatic heterocycles. The molecule has 0 aliphatic carbocycles. The molecule has 0 unspecified atom stereocenters. The second kappa shape index (κ2) is 10.6. The Kier molecular flexibility index (Phi) is 7.15. The van der Waals surface area contributed by atoms with Crippen molar-refractivity contribution < 1.29 is 14.3 Å². The quantitative estimate of drug-likeness (QED) is 0.172. The summed E-state index contributed by atoms with van der Waals surface area (Å²) in [5.74, 6) is 0.254. The molecule has 0 aromatic heterocycles. The van der Waals surface area contributed by atoms with Gasteiger partial charge in [-0.2, -0.15) is 0 Å². The summed E-state index contributed by atoms with van der Waals surface area (Å²) in [6.07, 6.45) is -0.195. The first-order chi connectivity index (χ1) is 15.7. The summed E-state index contributed by atoms with van der Waals surface area (Å²) in [4.78, 5) is 26.5. The van der Waals surface area contributed by atoms with E-state index in [4.69, 9.17) is 4.74 Å². The van der Waals surface area contributed by atoms with Gasteiger partial charge < -0.3 is 4.74 Å². The molecule has 4 rings (SSSR count). The molecule has 0 amide bonds. The Balaban J connectivity index is 1.61. The molecular formula is C28H22O3S. The summed E-state index contributed by atoms with van der Waals surface area (Å²) >= 11 is 1.08. The van der Waals surface area contributed by atoms with E-state index in [1.807, 2.05) is 103 Å². The van der Waals surface area contributed by atoms with Crippen LogP contribution in [0.15, 0.2) is 114 Å². The lowest BCUT2D eigenvalue weighted by Crippen LogP contribution is -2.09. The summed E-state index contributed by atoms with van der Waals surface area (Å²) in [6, 6.07) is 34.5. The summed E-state index contributed by atoms with van der Waals surface area (Å²) in [5.41, 5.74) is 3.21. The van der Waals surface area contributed by atoms with Crippen molar-refractivity contribution in [2.24, 2.45) is 0 Å². The number of ketones is 1. The molecule has 0 spiro atoms. The zero-order chi connectivity index (χ0) is 22.2. The van der Waals surface area contributed by atoms with Crippen LogP contribution in [0.2, 0.25) is 0 Å². The molecule has 0 radical (unpaired) electrons. The average Bonchev–Trinajstić information content (AvgIpc) is 2.84. The average molecular weight is 439 g/mol. The Morgan fingerprint density at radius 1 is 0.688 bits per heavy atom. The molecule has 3 nitrogen and oxygen atoms in total. The third-order valence-corrected chi connectivity index (χ3v) is 5.79. The molecule has 0 atom stereocenters. The number of thioether (sulfide) groups is 1. The molecule has 0 heterocycles. The standard InChI is InChI=1S/C28H22O3S/c29-26(19-27(30)32-23-15-8-3-9-16-23)25-18-10-17-24(22-13-6-2-7-14-22)28(25)31-20-21-11-4-1-5-12-21/h1-18H,19-20H2. The normalized spacial score (nSPS) is 10.5. The minimum atomic E-state index is -0.251. The van der Waals surface area contributed by atoms with Gasteiger partial charge in [-0.05, 0) is 29.3 Å². The fourth-order valence-electron chi connectivity index (χ4n) is 3.37. The van der Waals surface area contributed by atoms with Crippen LogP contribution in [-0.4, -0.2) is 10.9 Å². The lowest BCUT2D eigenvalue weighted by atomic mass is 9.98. The minimum absolute atomic E-state index is 0.194. The maximum atomic E-state index is 13.1. The van der Waals surface area contributed by atoms with Gasteiger partial charge in [0, 0.05) is 10.5 Å². The Bertz CT molecular complexity index is 1190. The predicted molar refractivity (Wildman–Crippen MR) is 129 cm³/mol. The van der Waals surface area contributed by atoms with Crippen molar-refractivity contribution >= 4 is 22.7 Å². The molecule has 0 N–H and O–H groups in total. The van der Waals surface area contributed by atoms with Gasteiger partial charge in [0.25, 0.3) is 0 Å². The Hall–Kier alpha value is -3.63. The van der Waals surface area contributed by atoms with E-state index in [9.17, 15) is 9.59 Å². The highest BCUT2D eigenvalue weighted by molar-refractivity contribution is 8.13. The minimum Gasteiger partial charge on any atom is -0.487 e. The van der Waals surface area contributed by atoms with Crippen molar-refractivity contribution in [3.8, 4) is 16.9 Å². The van der Waals surface area contributed by atoms with Crippen LogP contribution in [0.5, 0.6) is 5.75 Å². The number of carbonyl (C=O) groups excluding carboxylic acids is 2. The lowest BCUT2D eigenvalue weighted by Gasteiger charge is -2.16. The summed E-state index contributed by atoms with van der Waals surface area (Å²) < 4.78 is 6.19. The Morgan fingerprint density at radius 2 is 1.31 bits per heavy atom. The van der Waals surface area contributed by atoms with Crippen LogP contribution in [0.25, 0.3) is 11.1 Å². The van der Waals surface area contributed by atoms with Crippen molar-refractivity contribution in [3.05, 3.63) is 120 Å². The monoisotopic (exact) mass is 438 g/mol. The number of carbonyl (C=O) groups is 2.